The summed E-state index contributed by atoms with van der Waals surface area (Å²) in [5.41, 5.74) is 4.11. The van der Waals surface area contributed by atoms with Gasteiger partial charge in [-0.1, -0.05) is 103 Å². The maximum absolute atomic E-state index is 13.6. The number of hydrogen-bond donors (Lipinski definition) is 1. The molecule has 0 spiro atoms. The van der Waals surface area contributed by atoms with Crippen molar-refractivity contribution in [3.63, 3.8) is 0 Å². The van der Waals surface area contributed by atoms with E-state index in [0.29, 0.717) is 22.0 Å². The SMILES string of the molecule is O=c1[nH]n(-c2nnc(-c3ccccc3)c(-c3ccccc3)c2-c2ccccc2)c(=O)c2ccccc12. The molecule has 6 aromatic rings. The molecule has 2 heterocycles. The normalized spacial score (nSPS) is 11.0. The number of benzene rings is 4. The molecule has 0 unspecified atom stereocenters. The topological polar surface area (TPSA) is 80.6 Å². The van der Waals surface area contributed by atoms with Crippen LogP contribution in [-0.2, 0) is 0 Å². The highest BCUT2D eigenvalue weighted by atomic mass is 16.2. The van der Waals surface area contributed by atoms with Gasteiger partial charge in [0.1, 0.15) is 5.69 Å². The van der Waals surface area contributed by atoms with Crippen LogP contribution < -0.4 is 11.1 Å². The fourth-order valence-corrected chi connectivity index (χ4v) is 4.50. The van der Waals surface area contributed by atoms with E-state index in [1.807, 2.05) is 91.0 Å². The van der Waals surface area contributed by atoms with Gasteiger partial charge in [-0.15, -0.1) is 10.2 Å². The van der Waals surface area contributed by atoms with Crippen LogP contribution in [0.4, 0.5) is 0 Å². The molecule has 0 saturated heterocycles. The van der Waals surface area contributed by atoms with Gasteiger partial charge < -0.3 is 0 Å². The van der Waals surface area contributed by atoms with Crippen LogP contribution >= 0.6 is 0 Å². The lowest BCUT2D eigenvalue weighted by Crippen LogP contribution is -2.30. The Bertz CT molecular complexity index is 1810. The highest BCUT2D eigenvalue weighted by Crippen LogP contribution is 2.40. The van der Waals surface area contributed by atoms with Crippen molar-refractivity contribution in [2.75, 3.05) is 0 Å². The molecule has 4 aromatic carbocycles. The largest absolute Gasteiger partial charge is 0.279 e. The van der Waals surface area contributed by atoms with Gasteiger partial charge in [0.25, 0.3) is 11.1 Å². The van der Waals surface area contributed by atoms with E-state index in [1.54, 1.807) is 24.3 Å². The van der Waals surface area contributed by atoms with E-state index in [2.05, 4.69) is 15.3 Å². The number of aromatic amines is 1. The van der Waals surface area contributed by atoms with Crippen LogP contribution in [0.3, 0.4) is 0 Å². The Hall–Kier alpha value is -5.10. The lowest BCUT2D eigenvalue weighted by Gasteiger charge is -2.19. The van der Waals surface area contributed by atoms with Gasteiger partial charge in [0.15, 0.2) is 5.82 Å². The van der Waals surface area contributed by atoms with Gasteiger partial charge >= 0.3 is 0 Å². The summed E-state index contributed by atoms with van der Waals surface area (Å²) in [7, 11) is 0. The minimum absolute atomic E-state index is 0.257. The molecule has 6 rings (SSSR count). The van der Waals surface area contributed by atoms with Crippen LogP contribution in [0.2, 0.25) is 0 Å². The third-order valence-electron chi connectivity index (χ3n) is 6.16. The van der Waals surface area contributed by atoms with Crippen molar-refractivity contribution >= 4 is 10.8 Å². The molecule has 0 aliphatic heterocycles. The first-order chi connectivity index (χ1) is 17.7. The summed E-state index contributed by atoms with van der Waals surface area (Å²) in [5, 5.41) is 12.5. The summed E-state index contributed by atoms with van der Waals surface area (Å²) in [6, 6.07) is 36.2. The number of aromatic nitrogens is 4. The number of nitrogens with zero attached hydrogens (tertiary/aromatic N) is 3. The molecule has 0 bridgehead atoms. The van der Waals surface area contributed by atoms with Crippen molar-refractivity contribution in [2.45, 2.75) is 0 Å². The molecule has 0 aliphatic rings. The van der Waals surface area contributed by atoms with E-state index < -0.39 is 0 Å². The fourth-order valence-electron chi connectivity index (χ4n) is 4.50. The summed E-state index contributed by atoms with van der Waals surface area (Å²) in [6.45, 7) is 0. The van der Waals surface area contributed by atoms with E-state index in [1.165, 1.54) is 4.68 Å². The smallest absolute Gasteiger partial charge is 0.267 e. The molecule has 6 heteroatoms. The molecule has 2 aromatic heterocycles. The van der Waals surface area contributed by atoms with Crippen molar-refractivity contribution in [1.82, 2.24) is 20.0 Å². The first kappa shape index (κ1) is 21.4. The Morgan fingerprint density at radius 3 is 1.64 bits per heavy atom. The molecule has 0 amide bonds. The summed E-state index contributed by atoms with van der Waals surface area (Å²) in [5.74, 6) is 0.257. The molecule has 1 N–H and O–H groups in total. The second kappa shape index (κ2) is 8.92. The molecular weight excluding hydrogens is 448 g/mol. The van der Waals surface area contributed by atoms with Crippen LogP contribution in [-0.4, -0.2) is 20.0 Å². The zero-order valence-corrected chi connectivity index (χ0v) is 19.1. The number of rotatable bonds is 4. The predicted molar refractivity (Wildman–Crippen MR) is 142 cm³/mol. The lowest BCUT2D eigenvalue weighted by molar-refractivity contribution is 0.760. The average Bonchev–Trinajstić information content (AvgIpc) is 2.96. The van der Waals surface area contributed by atoms with Crippen molar-refractivity contribution in [3.05, 3.63) is 136 Å². The zero-order valence-electron chi connectivity index (χ0n) is 19.1. The zero-order chi connectivity index (χ0) is 24.5. The first-order valence-electron chi connectivity index (χ1n) is 11.5. The highest BCUT2D eigenvalue weighted by molar-refractivity contribution is 5.95. The van der Waals surface area contributed by atoms with Crippen LogP contribution in [0.15, 0.2) is 125 Å². The lowest BCUT2D eigenvalue weighted by atomic mass is 9.91. The predicted octanol–water partition coefficient (Wildman–Crippen LogP) is 5.47. The third kappa shape index (κ3) is 3.61. The van der Waals surface area contributed by atoms with Gasteiger partial charge in [0, 0.05) is 16.7 Å². The Morgan fingerprint density at radius 1 is 0.528 bits per heavy atom. The Balaban J connectivity index is 1.78. The van der Waals surface area contributed by atoms with Gasteiger partial charge in [0.2, 0.25) is 0 Å². The van der Waals surface area contributed by atoms with Crippen LogP contribution in [0, 0.1) is 0 Å². The number of nitrogens with one attached hydrogen (secondary N) is 1. The first-order valence-corrected chi connectivity index (χ1v) is 11.5. The van der Waals surface area contributed by atoms with Gasteiger partial charge in [-0.25, -0.2) is 0 Å². The molecule has 36 heavy (non-hydrogen) atoms. The standard InChI is InChI=1S/C30H20N4O2/c35-29-23-18-10-11-19-24(23)30(36)34(33-29)28-26(21-14-6-2-7-15-21)25(20-12-4-1-5-13-20)27(31-32-28)22-16-8-3-9-17-22/h1-19H,(H,33,35). The van der Waals surface area contributed by atoms with E-state index >= 15 is 0 Å². The van der Waals surface area contributed by atoms with Crippen LogP contribution in [0.5, 0.6) is 0 Å². The minimum Gasteiger partial charge on any atom is -0.267 e. The molecule has 0 atom stereocenters. The minimum atomic E-state index is -0.376. The Labute approximate surface area is 206 Å². The number of hydrogen-bond acceptors (Lipinski definition) is 4. The summed E-state index contributed by atoms with van der Waals surface area (Å²) >= 11 is 0. The second-order valence-electron chi connectivity index (χ2n) is 8.35. The summed E-state index contributed by atoms with van der Waals surface area (Å²) in [4.78, 5) is 26.5. The molecule has 172 valence electrons. The van der Waals surface area contributed by atoms with Crippen LogP contribution in [0.25, 0.3) is 50.1 Å². The van der Waals surface area contributed by atoms with Crippen molar-refractivity contribution in [2.24, 2.45) is 0 Å². The third-order valence-corrected chi connectivity index (χ3v) is 6.16. The highest BCUT2D eigenvalue weighted by Gasteiger charge is 2.23. The summed E-state index contributed by atoms with van der Waals surface area (Å²) in [6.07, 6.45) is 0. The van der Waals surface area contributed by atoms with Gasteiger partial charge in [-0.2, -0.15) is 4.68 Å². The van der Waals surface area contributed by atoms with Gasteiger partial charge in [-0.05, 0) is 23.3 Å². The fraction of sp³-hybridized carbons (Fsp3) is 0. The van der Waals surface area contributed by atoms with Crippen molar-refractivity contribution in [1.29, 1.82) is 0 Å². The van der Waals surface area contributed by atoms with Gasteiger partial charge in [-0.3, -0.25) is 14.7 Å². The van der Waals surface area contributed by atoms with E-state index in [4.69, 9.17) is 0 Å². The van der Waals surface area contributed by atoms with Crippen LogP contribution in [0.1, 0.15) is 0 Å². The summed E-state index contributed by atoms with van der Waals surface area (Å²) < 4.78 is 1.21. The number of H-pyrrole nitrogens is 1. The van der Waals surface area contributed by atoms with E-state index in [-0.39, 0.29) is 16.9 Å². The van der Waals surface area contributed by atoms with E-state index in [0.717, 1.165) is 22.3 Å². The second-order valence-corrected chi connectivity index (χ2v) is 8.35. The Kier molecular flexibility index (Phi) is 5.31. The van der Waals surface area contributed by atoms with Crippen molar-refractivity contribution < 1.29 is 0 Å². The molecule has 6 nitrogen and oxygen atoms in total. The quantitative estimate of drug-likeness (QED) is 0.372. The average molecular weight is 469 g/mol. The molecule has 0 aliphatic carbocycles. The molecule has 0 fully saturated rings. The maximum atomic E-state index is 13.6. The van der Waals surface area contributed by atoms with Crippen molar-refractivity contribution in [3.8, 4) is 39.3 Å². The Morgan fingerprint density at radius 2 is 1.03 bits per heavy atom. The molecule has 0 saturated carbocycles. The molecular formula is C30H20N4O2. The molecule has 0 radical (unpaired) electrons. The van der Waals surface area contributed by atoms with E-state index in [9.17, 15) is 9.59 Å². The van der Waals surface area contributed by atoms with Gasteiger partial charge in [0.05, 0.1) is 10.8 Å². The monoisotopic (exact) mass is 468 g/mol. The maximum Gasteiger partial charge on any atom is 0.279 e. The number of fused-ring (bicyclic) bond motifs is 1.